The Morgan fingerprint density at radius 2 is 2.00 bits per heavy atom. The minimum atomic E-state index is -0.414. The van der Waals surface area contributed by atoms with E-state index in [-0.39, 0.29) is 5.91 Å². The maximum atomic E-state index is 12.1. The molecule has 0 radical (unpaired) electrons. The van der Waals surface area contributed by atoms with Crippen LogP contribution < -0.4 is 0 Å². The summed E-state index contributed by atoms with van der Waals surface area (Å²) in [6.07, 6.45) is 4.57. The fraction of sp³-hybridized carbons (Fsp3) is 0.176. The second kappa shape index (κ2) is 7.26. The Hall–Kier alpha value is -2.82. The van der Waals surface area contributed by atoms with Crippen LogP contribution in [0.15, 0.2) is 53.2 Å². The molecule has 1 aromatic carbocycles. The SMILES string of the molecule is COC(=O)c1ccccc1CN(C)C(=O)/C=C/c1ccco1. The number of hydrogen-bond acceptors (Lipinski definition) is 4. The minimum Gasteiger partial charge on any atom is -0.465 e. The molecule has 22 heavy (non-hydrogen) atoms. The minimum absolute atomic E-state index is 0.184. The number of rotatable bonds is 5. The average molecular weight is 299 g/mol. The van der Waals surface area contributed by atoms with Crippen molar-refractivity contribution in [2.45, 2.75) is 6.54 Å². The third-order valence-corrected chi connectivity index (χ3v) is 3.14. The van der Waals surface area contributed by atoms with Gasteiger partial charge in [0, 0.05) is 19.7 Å². The molecular formula is C17H17NO4. The van der Waals surface area contributed by atoms with E-state index in [0.717, 1.165) is 5.56 Å². The average Bonchev–Trinajstić information content (AvgIpc) is 3.05. The first-order valence-corrected chi connectivity index (χ1v) is 6.74. The number of amides is 1. The van der Waals surface area contributed by atoms with Gasteiger partial charge in [-0.05, 0) is 29.8 Å². The summed E-state index contributed by atoms with van der Waals surface area (Å²) in [6, 6.07) is 10.6. The van der Waals surface area contributed by atoms with Crippen LogP contribution in [0.4, 0.5) is 0 Å². The highest BCUT2D eigenvalue weighted by Gasteiger charge is 2.14. The zero-order chi connectivity index (χ0) is 15.9. The van der Waals surface area contributed by atoms with Crippen LogP contribution in [-0.4, -0.2) is 30.9 Å². The number of carbonyl (C=O) groups excluding carboxylic acids is 2. The second-order valence-corrected chi connectivity index (χ2v) is 4.69. The molecule has 0 fully saturated rings. The lowest BCUT2D eigenvalue weighted by molar-refractivity contribution is -0.125. The Bertz CT molecular complexity index is 674. The van der Waals surface area contributed by atoms with E-state index in [1.165, 1.54) is 18.1 Å². The van der Waals surface area contributed by atoms with Crippen molar-refractivity contribution in [1.29, 1.82) is 0 Å². The molecule has 2 rings (SSSR count). The van der Waals surface area contributed by atoms with Crippen LogP contribution in [0.5, 0.6) is 0 Å². The molecule has 0 spiro atoms. The van der Waals surface area contributed by atoms with E-state index in [4.69, 9.17) is 9.15 Å². The van der Waals surface area contributed by atoms with Crippen molar-refractivity contribution in [1.82, 2.24) is 4.90 Å². The maximum absolute atomic E-state index is 12.1. The van der Waals surface area contributed by atoms with Crippen LogP contribution in [0.3, 0.4) is 0 Å². The van der Waals surface area contributed by atoms with Crippen molar-refractivity contribution in [3.63, 3.8) is 0 Å². The number of nitrogens with zero attached hydrogens (tertiary/aromatic N) is 1. The van der Waals surface area contributed by atoms with Crippen LogP contribution in [0.25, 0.3) is 6.08 Å². The summed E-state index contributed by atoms with van der Waals surface area (Å²) in [4.78, 5) is 25.3. The first-order valence-electron chi connectivity index (χ1n) is 6.74. The van der Waals surface area contributed by atoms with Crippen molar-refractivity contribution < 1.29 is 18.7 Å². The lowest BCUT2D eigenvalue weighted by Crippen LogP contribution is -2.25. The number of hydrogen-bond donors (Lipinski definition) is 0. The second-order valence-electron chi connectivity index (χ2n) is 4.69. The zero-order valence-electron chi connectivity index (χ0n) is 12.5. The number of methoxy groups -OCH3 is 1. The molecule has 0 atom stereocenters. The van der Waals surface area contributed by atoms with Crippen LogP contribution in [0.2, 0.25) is 0 Å². The van der Waals surface area contributed by atoms with Gasteiger partial charge in [0.1, 0.15) is 5.76 Å². The van der Waals surface area contributed by atoms with Crippen LogP contribution >= 0.6 is 0 Å². The molecule has 0 unspecified atom stereocenters. The van der Waals surface area contributed by atoms with Gasteiger partial charge in [-0.15, -0.1) is 0 Å². The van der Waals surface area contributed by atoms with E-state index in [2.05, 4.69) is 0 Å². The van der Waals surface area contributed by atoms with Gasteiger partial charge >= 0.3 is 5.97 Å². The van der Waals surface area contributed by atoms with E-state index in [1.807, 2.05) is 6.07 Å². The van der Waals surface area contributed by atoms with E-state index in [0.29, 0.717) is 17.9 Å². The van der Waals surface area contributed by atoms with Gasteiger partial charge in [-0.2, -0.15) is 0 Å². The number of carbonyl (C=O) groups is 2. The van der Waals surface area contributed by atoms with Crippen molar-refractivity contribution in [3.05, 3.63) is 65.6 Å². The summed E-state index contributed by atoms with van der Waals surface area (Å²) < 4.78 is 9.87. The highest BCUT2D eigenvalue weighted by molar-refractivity contribution is 5.93. The van der Waals surface area contributed by atoms with Gasteiger partial charge in [0.15, 0.2) is 0 Å². The largest absolute Gasteiger partial charge is 0.465 e. The molecule has 1 aromatic heterocycles. The molecule has 0 saturated carbocycles. The summed E-state index contributed by atoms with van der Waals surface area (Å²) >= 11 is 0. The third kappa shape index (κ3) is 3.85. The van der Waals surface area contributed by atoms with Gasteiger partial charge in [0.25, 0.3) is 0 Å². The van der Waals surface area contributed by atoms with E-state index in [1.54, 1.807) is 49.7 Å². The predicted octanol–water partition coefficient (Wildman–Crippen LogP) is 2.74. The lowest BCUT2D eigenvalue weighted by Gasteiger charge is -2.17. The van der Waals surface area contributed by atoms with Crippen LogP contribution in [0, 0.1) is 0 Å². The van der Waals surface area contributed by atoms with Crippen LogP contribution in [-0.2, 0) is 16.1 Å². The van der Waals surface area contributed by atoms with Crippen molar-refractivity contribution >= 4 is 18.0 Å². The van der Waals surface area contributed by atoms with Gasteiger partial charge in [-0.1, -0.05) is 18.2 Å². The van der Waals surface area contributed by atoms with Gasteiger partial charge in [-0.25, -0.2) is 4.79 Å². The predicted molar refractivity (Wildman–Crippen MR) is 82.0 cm³/mol. The first kappa shape index (κ1) is 15.6. The standard InChI is InChI=1S/C17H17NO4/c1-18(16(19)10-9-14-7-5-11-22-14)12-13-6-3-4-8-15(13)17(20)21-2/h3-11H,12H2,1-2H3/b10-9+. The molecule has 5 nitrogen and oxygen atoms in total. The highest BCUT2D eigenvalue weighted by atomic mass is 16.5. The third-order valence-electron chi connectivity index (χ3n) is 3.14. The summed E-state index contributed by atoms with van der Waals surface area (Å²) in [5.41, 5.74) is 1.19. The van der Waals surface area contributed by atoms with Gasteiger partial charge in [0.2, 0.25) is 5.91 Å². The van der Waals surface area contributed by atoms with Gasteiger partial charge in [-0.3, -0.25) is 4.79 Å². The van der Waals surface area contributed by atoms with Crippen molar-refractivity contribution in [2.75, 3.05) is 14.2 Å². The van der Waals surface area contributed by atoms with Crippen molar-refractivity contribution in [3.8, 4) is 0 Å². The Labute approximate surface area is 128 Å². The smallest absolute Gasteiger partial charge is 0.338 e. The first-order chi connectivity index (χ1) is 10.6. The summed E-state index contributed by atoms with van der Waals surface area (Å²) in [6.45, 7) is 0.312. The Morgan fingerprint density at radius 3 is 2.68 bits per heavy atom. The molecular weight excluding hydrogens is 282 g/mol. The lowest BCUT2D eigenvalue weighted by atomic mass is 10.1. The molecule has 0 saturated heterocycles. The normalized spacial score (nSPS) is 10.6. The fourth-order valence-electron chi connectivity index (χ4n) is 1.97. The summed E-state index contributed by atoms with van der Waals surface area (Å²) in [5.74, 6) is 0.00959. The topological polar surface area (TPSA) is 59.8 Å². The molecule has 1 amide bonds. The molecule has 5 heteroatoms. The Balaban J connectivity index is 2.07. The Kier molecular flexibility index (Phi) is 5.14. The number of esters is 1. The van der Waals surface area contributed by atoms with Gasteiger partial charge < -0.3 is 14.1 Å². The summed E-state index contributed by atoms with van der Waals surface area (Å²) in [7, 11) is 3.00. The molecule has 114 valence electrons. The zero-order valence-corrected chi connectivity index (χ0v) is 12.5. The number of likely N-dealkylation sites (N-methyl/N-ethyl adjacent to an activating group) is 1. The molecule has 0 aliphatic rings. The quantitative estimate of drug-likeness (QED) is 0.629. The fourth-order valence-corrected chi connectivity index (χ4v) is 1.97. The van der Waals surface area contributed by atoms with E-state index < -0.39 is 5.97 Å². The monoisotopic (exact) mass is 299 g/mol. The molecule has 0 aliphatic heterocycles. The molecule has 0 N–H and O–H groups in total. The van der Waals surface area contributed by atoms with E-state index >= 15 is 0 Å². The molecule has 0 bridgehead atoms. The molecule has 1 heterocycles. The molecule has 2 aromatic rings. The molecule has 0 aliphatic carbocycles. The van der Waals surface area contributed by atoms with E-state index in [9.17, 15) is 9.59 Å². The van der Waals surface area contributed by atoms with Crippen molar-refractivity contribution in [2.24, 2.45) is 0 Å². The van der Waals surface area contributed by atoms with Crippen LogP contribution in [0.1, 0.15) is 21.7 Å². The highest BCUT2D eigenvalue weighted by Crippen LogP contribution is 2.13. The number of ether oxygens (including phenoxy) is 1. The van der Waals surface area contributed by atoms with Gasteiger partial charge in [0.05, 0.1) is 18.9 Å². The summed E-state index contributed by atoms with van der Waals surface area (Å²) in [5, 5.41) is 0. The maximum Gasteiger partial charge on any atom is 0.338 e. The number of benzene rings is 1. The Morgan fingerprint density at radius 1 is 1.23 bits per heavy atom. The number of furan rings is 1.